The molecule has 0 spiro atoms. The van der Waals surface area contributed by atoms with Crippen LogP contribution in [-0.2, 0) is 9.59 Å². The number of aliphatic hydroxyl groups excluding tert-OH is 1. The van der Waals surface area contributed by atoms with Crippen LogP contribution in [0.3, 0.4) is 0 Å². The highest BCUT2D eigenvalue weighted by molar-refractivity contribution is 6.51. The van der Waals surface area contributed by atoms with Crippen molar-refractivity contribution in [1.29, 1.82) is 0 Å². The van der Waals surface area contributed by atoms with E-state index in [0.717, 1.165) is 11.1 Å². The number of methoxy groups -OCH3 is 2. The van der Waals surface area contributed by atoms with E-state index in [1.807, 2.05) is 32.0 Å². The maximum Gasteiger partial charge on any atom is 0.300 e. The second-order valence-electron chi connectivity index (χ2n) is 7.81. The Hall–Kier alpha value is -4.13. The van der Waals surface area contributed by atoms with Crippen molar-refractivity contribution in [2.75, 3.05) is 19.1 Å². The first kappa shape index (κ1) is 22.1. The van der Waals surface area contributed by atoms with E-state index < -0.39 is 17.7 Å². The number of aromatic nitrogens is 1. The van der Waals surface area contributed by atoms with Crippen LogP contribution in [0, 0.1) is 13.8 Å². The van der Waals surface area contributed by atoms with E-state index in [-0.39, 0.29) is 16.9 Å². The Bertz CT molecular complexity index is 1270. The number of benzene rings is 2. The maximum absolute atomic E-state index is 13.3. The average molecular weight is 444 g/mol. The minimum Gasteiger partial charge on any atom is -0.507 e. The van der Waals surface area contributed by atoms with Gasteiger partial charge in [0, 0.05) is 18.1 Å². The molecule has 4 rings (SSSR count). The molecule has 1 atom stereocenters. The van der Waals surface area contributed by atoms with Gasteiger partial charge in [-0.1, -0.05) is 17.7 Å². The van der Waals surface area contributed by atoms with Crippen molar-refractivity contribution in [2.45, 2.75) is 19.9 Å². The summed E-state index contributed by atoms with van der Waals surface area (Å²) >= 11 is 0. The number of rotatable bonds is 5. The van der Waals surface area contributed by atoms with Gasteiger partial charge in [-0.2, -0.15) is 0 Å². The number of aryl methyl sites for hydroxylation is 2. The normalized spacial score (nSPS) is 17.3. The van der Waals surface area contributed by atoms with Gasteiger partial charge in [-0.3, -0.25) is 19.5 Å². The minimum absolute atomic E-state index is 0.0299. The lowest BCUT2D eigenvalue weighted by Gasteiger charge is -2.27. The number of nitrogens with zero attached hydrogens (tertiary/aromatic N) is 2. The van der Waals surface area contributed by atoms with Gasteiger partial charge in [-0.15, -0.1) is 0 Å². The lowest BCUT2D eigenvalue weighted by Crippen LogP contribution is -2.30. The molecule has 0 saturated carbocycles. The molecule has 0 aliphatic carbocycles. The molecule has 1 N–H and O–H groups in total. The van der Waals surface area contributed by atoms with Crippen molar-refractivity contribution in [2.24, 2.45) is 0 Å². The van der Waals surface area contributed by atoms with Gasteiger partial charge in [0.15, 0.2) is 0 Å². The predicted molar refractivity (Wildman–Crippen MR) is 124 cm³/mol. The molecule has 1 fully saturated rings. The van der Waals surface area contributed by atoms with Crippen molar-refractivity contribution in [3.63, 3.8) is 0 Å². The van der Waals surface area contributed by atoms with E-state index in [1.165, 1.54) is 19.1 Å². The summed E-state index contributed by atoms with van der Waals surface area (Å²) in [6, 6.07) is 13.1. The molecular weight excluding hydrogens is 420 g/mol. The number of amides is 1. The fourth-order valence-corrected chi connectivity index (χ4v) is 4.16. The van der Waals surface area contributed by atoms with E-state index in [4.69, 9.17) is 9.47 Å². The number of ketones is 1. The molecule has 1 amide bonds. The van der Waals surface area contributed by atoms with Crippen LogP contribution in [0.25, 0.3) is 5.76 Å². The van der Waals surface area contributed by atoms with E-state index in [1.54, 1.807) is 42.7 Å². The highest BCUT2D eigenvalue weighted by atomic mass is 16.5. The summed E-state index contributed by atoms with van der Waals surface area (Å²) in [5, 5.41) is 11.4. The van der Waals surface area contributed by atoms with Gasteiger partial charge in [0.1, 0.15) is 17.3 Å². The Balaban J connectivity index is 1.99. The zero-order valence-corrected chi connectivity index (χ0v) is 18.8. The SMILES string of the molecule is COc1ccc(OC)c(/C(O)=C2\C(=O)C(=O)N(c3ccc(C)cc3C)C2c2ccncc2)c1. The Kier molecular flexibility index (Phi) is 5.87. The summed E-state index contributed by atoms with van der Waals surface area (Å²) in [7, 11) is 2.97. The molecule has 1 aromatic heterocycles. The molecule has 2 aromatic carbocycles. The first-order valence-electron chi connectivity index (χ1n) is 10.4. The number of Topliss-reactive ketones (excluding diaryl/α,β-unsaturated/α-hetero) is 1. The topological polar surface area (TPSA) is 89.0 Å². The summed E-state index contributed by atoms with van der Waals surface area (Å²) in [6.07, 6.45) is 3.17. The van der Waals surface area contributed by atoms with E-state index in [9.17, 15) is 14.7 Å². The Labute approximate surface area is 191 Å². The largest absolute Gasteiger partial charge is 0.507 e. The first-order chi connectivity index (χ1) is 15.9. The van der Waals surface area contributed by atoms with Crippen LogP contribution < -0.4 is 14.4 Å². The standard InChI is InChI=1S/C26H24N2O5/c1-15-5-7-20(16(2)13-15)28-23(17-9-11-27-12-10-17)22(25(30)26(28)31)24(29)19-14-18(32-3)6-8-21(19)33-4/h5-14,23,29H,1-4H3/b24-22+. The van der Waals surface area contributed by atoms with E-state index in [2.05, 4.69) is 4.98 Å². The number of carbonyl (C=O) groups excluding carboxylic acids is 2. The van der Waals surface area contributed by atoms with Crippen LogP contribution in [0.1, 0.15) is 28.3 Å². The summed E-state index contributed by atoms with van der Waals surface area (Å²) in [5.41, 5.74) is 3.35. The third-order valence-electron chi connectivity index (χ3n) is 5.74. The van der Waals surface area contributed by atoms with Crippen LogP contribution in [0.4, 0.5) is 5.69 Å². The highest BCUT2D eigenvalue weighted by Crippen LogP contribution is 2.44. The van der Waals surface area contributed by atoms with E-state index >= 15 is 0 Å². The molecule has 0 radical (unpaired) electrons. The maximum atomic E-state index is 13.3. The Morgan fingerprint density at radius 3 is 2.33 bits per heavy atom. The predicted octanol–water partition coefficient (Wildman–Crippen LogP) is 4.34. The Morgan fingerprint density at radius 1 is 0.970 bits per heavy atom. The van der Waals surface area contributed by atoms with E-state index in [0.29, 0.717) is 22.7 Å². The third-order valence-corrected chi connectivity index (χ3v) is 5.74. The van der Waals surface area contributed by atoms with Crippen LogP contribution >= 0.6 is 0 Å². The fourth-order valence-electron chi connectivity index (χ4n) is 4.16. The van der Waals surface area contributed by atoms with Crippen LogP contribution in [0.2, 0.25) is 0 Å². The van der Waals surface area contributed by atoms with Gasteiger partial charge in [-0.05, 0) is 61.4 Å². The average Bonchev–Trinajstić information content (AvgIpc) is 3.09. The van der Waals surface area contributed by atoms with Crippen molar-refractivity contribution in [3.05, 3.63) is 88.8 Å². The number of ether oxygens (including phenoxy) is 2. The molecule has 33 heavy (non-hydrogen) atoms. The molecular formula is C26H24N2O5. The molecule has 1 aliphatic rings. The molecule has 1 aliphatic heterocycles. The number of hydrogen-bond acceptors (Lipinski definition) is 6. The third kappa shape index (κ3) is 3.82. The monoisotopic (exact) mass is 444 g/mol. The van der Waals surface area contributed by atoms with Crippen LogP contribution in [0.15, 0.2) is 66.5 Å². The molecule has 7 heteroatoms. The minimum atomic E-state index is -0.842. The second-order valence-corrected chi connectivity index (χ2v) is 7.81. The summed E-state index contributed by atoms with van der Waals surface area (Å²) < 4.78 is 10.7. The molecule has 1 unspecified atom stereocenters. The number of hydrogen-bond donors (Lipinski definition) is 1. The van der Waals surface area contributed by atoms with Crippen molar-refractivity contribution < 1.29 is 24.2 Å². The van der Waals surface area contributed by atoms with Crippen LogP contribution in [-0.4, -0.2) is 36.0 Å². The van der Waals surface area contributed by atoms with Gasteiger partial charge in [0.2, 0.25) is 0 Å². The summed E-state index contributed by atoms with van der Waals surface area (Å²) in [4.78, 5) is 32.1. The number of pyridine rings is 1. The second kappa shape index (κ2) is 8.78. The zero-order valence-electron chi connectivity index (χ0n) is 18.8. The molecule has 3 aromatic rings. The number of anilines is 1. The molecule has 2 heterocycles. The first-order valence-corrected chi connectivity index (χ1v) is 10.4. The summed E-state index contributed by atoms with van der Waals surface area (Å²) in [5.74, 6) is -1.01. The van der Waals surface area contributed by atoms with Crippen molar-refractivity contribution in [3.8, 4) is 11.5 Å². The smallest absolute Gasteiger partial charge is 0.300 e. The fraction of sp³-hybridized carbons (Fsp3) is 0.192. The molecule has 1 saturated heterocycles. The van der Waals surface area contributed by atoms with Gasteiger partial charge in [-0.25, -0.2) is 0 Å². The van der Waals surface area contributed by atoms with Crippen molar-refractivity contribution >= 4 is 23.1 Å². The highest BCUT2D eigenvalue weighted by Gasteiger charge is 2.47. The van der Waals surface area contributed by atoms with Crippen LogP contribution in [0.5, 0.6) is 11.5 Å². The van der Waals surface area contributed by atoms with Crippen molar-refractivity contribution in [1.82, 2.24) is 4.98 Å². The van der Waals surface area contributed by atoms with Gasteiger partial charge in [0.05, 0.1) is 31.4 Å². The molecule has 7 nitrogen and oxygen atoms in total. The number of carbonyl (C=O) groups is 2. The molecule has 0 bridgehead atoms. The quantitative estimate of drug-likeness (QED) is 0.358. The molecule has 168 valence electrons. The van der Waals surface area contributed by atoms with Gasteiger partial charge in [0.25, 0.3) is 11.7 Å². The lowest BCUT2D eigenvalue weighted by atomic mass is 9.95. The van der Waals surface area contributed by atoms with Gasteiger partial charge < -0.3 is 14.6 Å². The Morgan fingerprint density at radius 2 is 1.70 bits per heavy atom. The lowest BCUT2D eigenvalue weighted by molar-refractivity contribution is -0.132. The zero-order chi connectivity index (χ0) is 23.7. The number of aliphatic hydroxyl groups is 1. The summed E-state index contributed by atoms with van der Waals surface area (Å²) in [6.45, 7) is 3.84. The van der Waals surface area contributed by atoms with Gasteiger partial charge >= 0.3 is 0 Å².